The highest BCUT2D eigenvalue weighted by molar-refractivity contribution is 9.10. The van der Waals surface area contributed by atoms with Gasteiger partial charge in [0, 0.05) is 22.0 Å². The van der Waals surface area contributed by atoms with Gasteiger partial charge in [0.2, 0.25) is 0 Å². The van der Waals surface area contributed by atoms with Gasteiger partial charge in [-0.25, -0.2) is 4.79 Å². The molecule has 0 heterocycles. The molecule has 0 spiro atoms. The third kappa shape index (κ3) is 4.39. The summed E-state index contributed by atoms with van der Waals surface area (Å²) in [6.07, 6.45) is 3.29. The van der Waals surface area contributed by atoms with Crippen molar-refractivity contribution < 1.29 is 9.53 Å². The van der Waals surface area contributed by atoms with Crippen molar-refractivity contribution in [1.82, 2.24) is 5.32 Å². The maximum atomic E-state index is 12.1. The van der Waals surface area contributed by atoms with Gasteiger partial charge in [0.25, 0.3) is 0 Å². The Labute approximate surface area is 183 Å². The first-order valence-corrected chi connectivity index (χ1v) is 10.5. The minimum absolute atomic E-state index is 0.0604. The van der Waals surface area contributed by atoms with Gasteiger partial charge in [-0.05, 0) is 39.9 Å². The summed E-state index contributed by atoms with van der Waals surface area (Å²) in [5.41, 5.74) is 5.72. The molecule has 1 N–H and O–H groups in total. The van der Waals surface area contributed by atoms with E-state index in [2.05, 4.69) is 45.5 Å². The number of carbonyl (C=O) groups is 1. The first-order chi connectivity index (χ1) is 14.1. The fraction of sp³-hybridized carbons (Fsp3) is 0.125. The lowest BCUT2D eigenvalue weighted by atomic mass is 9.98. The van der Waals surface area contributed by atoms with Crippen LogP contribution in [0.3, 0.4) is 0 Å². The number of benzene rings is 3. The molecule has 1 amide bonds. The Balaban J connectivity index is 1.34. The van der Waals surface area contributed by atoms with Crippen molar-refractivity contribution >= 4 is 39.7 Å². The number of halogens is 2. The van der Waals surface area contributed by atoms with Crippen LogP contribution in [-0.2, 0) is 4.74 Å². The molecule has 29 heavy (non-hydrogen) atoms. The summed E-state index contributed by atoms with van der Waals surface area (Å²) in [6.45, 7) is 0.672. The lowest BCUT2D eigenvalue weighted by molar-refractivity contribution is 0.144. The molecular formula is C24H19BrClNO2. The van der Waals surface area contributed by atoms with E-state index in [1.807, 2.05) is 54.6 Å². The average Bonchev–Trinajstić information content (AvgIpc) is 3.05. The Kier molecular flexibility index (Phi) is 6.02. The number of ether oxygens (including phenoxy) is 1. The maximum absolute atomic E-state index is 12.1. The molecule has 3 aromatic rings. The van der Waals surface area contributed by atoms with Crippen molar-refractivity contribution in [3.63, 3.8) is 0 Å². The summed E-state index contributed by atoms with van der Waals surface area (Å²) in [6, 6.07) is 22.2. The summed E-state index contributed by atoms with van der Waals surface area (Å²) in [7, 11) is 0. The van der Waals surface area contributed by atoms with Gasteiger partial charge in [0.05, 0.1) is 0 Å². The van der Waals surface area contributed by atoms with Gasteiger partial charge >= 0.3 is 6.09 Å². The quantitative estimate of drug-likeness (QED) is 0.455. The molecule has 0 unspecified atom stereocenters. The lowest BCUT2D eigenvalue weighted by Gasteiger charge is -2.14. The van der Waals surface area contributed by atoms with E-state index in [1.165, 1.54) is 22.3 Å². The van der Waals surface area contributed by atoms with Crippen LogP contribution in [0, 0.1) is 0 Å². The van der Waals surface area contributed by atoms with E-state index in [1.54, 1.807) is 0 Å². The summed E-state index contributed by atoms with van der Waals surface area (Å²) in [5, 5.41) is 3.41. The van der Waals surface area contributed by atoms with Crippen LogP contribution in [0.4, 0.5) is 4.79 Å². The average molecular weight is 469 g/mol. The first kappa shape index (κ1) is 19.7. The summed E-state index contributed by atoms with van der Waals surface area (Å²) in [4.78, 5) is 12.1. The zero-order valence-corrected chi connectivity index (χ0v) is 17.9. The van der Waals surface area contributed by atoms with Crippen LogP contribution in [0.25, 0.3) is 17.2 Å². The molecule has 5 heteroatoms. The molecule has 0 fully saturated rings. The molecule has 0 saturated carbocycles. The van der Waals surface area contributed by atoms with Crippen LogP contribution in [0.5, 0.6) is 0 Å². The molecule has 1 aliphatic carbocycles. The number of fused-ring (bicyclic) bond motifs is 3. The number of carbonyl (C=O) groups excluding carboxylic acids is 1. The van der Waals surface area contributed by atoms with Gasteiger partial charge in [-0.1, -0.05) is 94.3 Å². The third-order valence-electron chi connectivity index (χ3n) is 4.97. The topological polar surface area (TPSA) is 38.3 Å². The molecule has 4 rings (SSSR count). The van der Waals surface area contributed by atoms with Gasteiger partial charge in [0.1, 0.15) is 6.61 Å². The zero-order valence-electron chi connectivity index (χ0n) is 15.6. The minimum atomic E-state index is -0.432. The van der Waals surface area contributed by atoms with Gasteiger partial charge < -0.3 is 10.1 Å². The van der Waals surface area contributed by atoms with Crippen molar-refractivity contribution in [2.24, 2.45) is 0 Å². The van der Waals surface area contributed by atoms with Crippen LogP contribution in [0.2, 0.25) is 5.02 Å². The first-order valence-electron chi connectivity index (χ1n) is 9.34. The Hall–Kier alpha value is -2.56. The number of amides is 1. The molecule has 0 saturated heterocycles. The number of hydrogen-bond donors (Lipinski definition) is 1. The van der Waals surface area contributed by atoms with Gasteiger partial charge in [0.15, 0.2) is 0 Å². The summed E-state index contributed by atoms with van der Waals surface area (Å²) >= 11 is 9.56. The number of nitrogens with one attached hydrogen (secondary N) is 1. The molecule has 3 aromatic carbocycles. The normalized spacial score (nSPS) is 12.6. The Morgan fingerprint density at radius 2 is 1.69 bits per heavy atom. The molecule has 0 bridgehead atoms. The highest BCUT2D eigenvalue weighted by Gasteiger charge is 2.28. The number of hydrogen-bond acceptors (Lipinski definition) is 2. The predicted octanol–water partition coefficient (Wildman–Crippen LogP) is 6.65. The van der Waals surface area contributed by atoms with E-state index in [4.69, 9.17) is 16.3 Å². The lowest BCUT2D eigenvalue weighted by Crippen LogP contribution is -2.26. The SMILES string of the molecule is O=C(NCC=Cc1ccc(Br)cc1Cl)OCC1c2ccccc2-c2ccccc21. The second-order valence-corrected chi connectivity index (χ2v) is 8.10. The molecular weight excluding hydrogens is 450 g/mol. The van der Waals surface area contributed by atoms with Crippen molar-refractivity contribution in [1.29, 1.82) is 0 Å². The fourth-order valence-electron chi connectivity index (χ4n) is 3.61. The van der Waals surface area contributed by atoms with Crippen LogP contribution >= 0.6 is 27.5 Å². The monoisotopic (exact) mass is 467 g/mol. The second kappa shape index (κ2) is 8.85. The van der Waals surface area contributed by atoms with Crippen molar-refractivity contribution in [2.75, 3.05) is 13.2 Å². The highest BCUT2D eigenvalue weighted by atomic mass is 79.9. The van der Waals surface area contributed by atoms with Crippen molar-refractivity contribution in [3.05, 3.63) is 99.0 Å². The van der Waals surface area contributed by atoms with Crippen LogP contribution in [0.15, 0.2) is 77.3 Å². The van der Waals surface area contributed by atoms with E-state index in [0.29, 0.717) is 18.2 Å². The standard InChI is InChI=1S/C24H19BrClNO2/c25-17-12-11-16(23(26)14-17)6-5-13-27-24(28)29-15-22-20-9-3-1-7-18(20)19-8-2-4-10-21(19)22/h1-12,14,22H,13,15H2,(H,27,28). The summed E-state index contributed by atoms with van der Waals surface area (Å²) < 4.78 is 6.44. The fourth-order valence-corrected chi connectivity index (χ4v) is 4.35. The Morgan fingerprint density at radius 1 is 1.03 bits per heavy atom. The van der Waals surface area contributed by atoms with Crippen LogP contribution < -0.4 is 5.32 Å². The molecule has 0 radical (unpaired) electrons. The number of alkyl carbamates (subject to hydrolysis) is 1. The van der Waals surface area contributed by atoms with E-state index in [0.717, 1.165) is 10.0 Å². The molecule has 146 valence electrons. The predicted molar refractivity (Wildman–Crippen MR) is 121 cm³/mol. The van der Waals surface area contributed by atoms with Crippen molar-refractivity contribution in [3.8, 4) is 11.1 Å². The largest absolute Gasteiger partial charge is 0.449 e. The van der Waals surface area contributed by atoms with Gasteiger partial charge in [-0.2, -0.15) is 0 Å². The Bertz CT molecular complexity index is 1030. The second-order valence-electron chi connectivity index (χ2n) is 6.77. The van der Waals surface area contributed by atoms with Gasteiger partial charge in [-0.15, -0.1) is 0 Å². The maximum Gasteiger partial charge on any atom is 0.407 e. The van der Waals surface area contributed by atoms with Crippen LogP contribution in [-0.4, -0.2) is 19.2 Å². The van der Waals surface area contributed by atoms with E-state index in [9.17, 15) is 4.79 Å². The molecule has 3 nitrogen and oxygen atoms in total. The molecule has 0 aromatic heterocycles. The third-order valence-corrected chi connectivity index (χ3v) is 5.79. The summed E-state index contributed by atoms with van der Waals surface area (Å²) in [5.74, 6) is 0.0604. The highest BCUT2D eigenvalue weighted by Crippen LogP contribution is 2.44. The minimum Gasteiger partial charge on any atom is -0.449 e. The van der Waals surface area contributed by atoms with E-state index < -0.39 is 6.09 Å². The van der Waals surface area contributed by atoms with Gasteiger partial charge in [-0.3, -0.25) is 0 Å². The van der Waals surface area contributed by atoms with Crippen LogP contribution in [0.1, 0.15) is 22.6 Å². The smallest absolute Gasteiger partial charge is 0.407 e. The Morgan fingerprint density at radius 3 is 2.34 bits per heavy atom. The molecule has 0 aliphatic heterocycles. The van der Waals surface area contributed by atoms with E-state index in [-0.39, 0.29) is 5.92 Å². The molecule has 1 aliphatic rings. The van der Waals surface area contributed by atoms with Crippen molar-refractivity contribution in [2.45, 2.75) is 5.92 Å². The molecule has 0 atom stereocenters. The number of rotatable bonds is 5. The van der Waals surface area contributed by atoms with E-state index >= 15 is 0 Å². The zero-order chi connectivity index (χ0) is 20.2.